The molecule has 1 aromatic carbocycles. The molecule has 0 amide bonds. The summed E-state index contributed by atoms with van der Waals surface area (Å²) >= 11 is 3.37. The molecule has 0 radical (unpaired) electrons. The Hall–Kier alpha value is -1.03. The molecule has 0 aromatic heterocycles. The number of hydrogen-bond acceptors (Lipinski definition) is 2. The van der Waals surface area contributed by atoms with Crippen molar-refractivity contribution >= 4 is 27.6 Å². The van der Waals surface area contributed by atoms with Crippen LogP contribution in [0.25, 0.3) is 0 Å². The van der Waals surface area contributed by atoms with Crippen LogP contribution < -0.4 is 5.32 Å². The second-order valence-corrected chi connectivity index (χ2v) is 5.15. The largest absolute Gasteiger partial charge is 0.480 e. The van der Waals surface area contributed by atoms with E-state index in [1.807, 2.05) is 31.2 Å². The fraction of sp³-hybridized carbons (Fsp3) is 0.462. The molecule has 2 unspecified atom stereocenters. The average molecular weight is 300 g/mol. The second kappa shape index (κ2) is 6.64. The van der Waals surface area contributed by atoms with Gasteiger partial charge in [0.1, 0.15) is 6.04 Å². The minimum atomic E-state index is -0.800. The van der Waals surface area contributed by atoms with Crippen LogP contribution in [-0.2, 0) is 4.79 Å². The summed E-state index contributed by atoms with van der Waals surface area (Å²) in [5.74, 6) is -0.692. The van der Waals surface area contributed by atoms with Gasteiger partial charge in [0.25, 0.3) is 0 Å². The van der Waals surface area contributed by atoms with E-state index in [4.69, 9.17) is 0 Å². The SMILES string of the molecule is CCCC(C)C(Nc1cccc(Br)c1)C(=O)O. The Kier molecular flexibility index (Phi) is 5.48. The van der Waals surface area contributed by atoms with Crippen molar-refractivity contribution in [1.29, 1.82) is 0 Å². The number of aliphatic carboxylic acids is 1. The summed E-state index contributed by atoms with van der Waals surface area (Å²) < 4.78 is 0.940. The van der Waals surface area contributed by atoms with Crippen LogP contribution in [0, 0.1) is 5.92 Å². The summed E-state index contributed by atoms with van der Waals surface area (Å²) in [7, 11) is 0. The van der Waals surface area contributed by atoms with Crippen molar-refractivity contribution in [1.82, 2.24) is 0 Å². The molecule has 17 heavy (non-hydrogen) atoms. The Balaban J connectivity index is 2.76. The zero-order valence-electron chi connectivity index (χ0n) is 10.1. The number of benzene rings is 1. The van der Waals surface area contributed by atoms with Crippen molar-refractivity contribution < 1.29 is 9.90 Å². The first-order valence-corrected chi connectivity index (χ1v) is 6.58. The molecule has 0 aliphatic heterocycles. The number of rotatable bonds is 6. The van der Waals surface area contributed by atoms with Gasteiger partial charge < -0.3 is 10.4 Å². The molecule has 0 heterocycles. The van der Waals surface area contributed by atoms with E-state index in [1.54, 1.807) is 0 Å². The number of carboxylic acid groups (broad SMARTS) is 1. The third-order valence-electron chi connectivity index (χ3n) is 2.73. The standard InChI is InChI=1S/C13H18BrNO2/c1-3-5-9(2)12(13(16)17)15-11-7-4-6-10(14)8-11/h4,6-9,12,15H,3,5H2,1-2H3,(H,16,17). The van der Waals surface area contributed by atoms with E-state index in [2.05, 4.69) is 28.2 Å². The highest BCUT2D eigenvalue weighted by molar-refractivity contribution is 9.10. The molecule has 0 saturated carbocycles. The molecule has 94 valence electrons. The zero-order chi connectivity index (χ0) is 12.8. The van der Waals surface area contributed by atoms with E-state index in [9.17, 15) is 9.90 Å². The van der Waals surface area contributed by atoms with Crippen LogP contribution in [-0.4, -0.2) is 17.1 Å². The van der Waals surface area contributed by atoms with E-state index in [0.29, 0.717) is 0 Å². The van der Waals surface area contributed by atoms with Gasteiger partial charge in [-0.3, -0.25) is 0 Å². The lowest BCUT2D eigenvalue weighted by Crippen LogP contribution is -2.35. The molecule has 1 aromatic rings. The highest BCUT2D eigenvalue weighted by atomic mass is 79.9. The number of nitrogens with one attached hydrogen (secondary N) is 1. The molecule has 3 nitrogen and oxygen atoms in total. The zero-order valence-corrected chi connectivity index (χ0v) is 11.7. The van der Waals surface area contributed by atoms with Crippen LogP contribution in [0.5, 0.6) is 0 Å². The molecular formula is C13H18BrNO2. The van der Waals surface area contributed by atoms with E-state index in [0.717, 1.165) is 23.0 Å². The fourth-order valence-electron chi connectivity index (χ4n) is 1.83. The molecule has 0 saturated heterocycles. The summed E-state index contributed by atoms with van der Waals surface area (Å²) in [6, 6.07) is 7.02. The smallest absolute Gasteiger partial charge is 0.326 e. The van der Waals surface area contributed by atoms with Gasteiger partial charge in [-0.25, -0.2) is 4.79 Å². The first kappa shape index (κ1) is 14.0. The lowest BCUT2D eigenvalue weighted by atomic mass is 9.96. The first-order chi connectivity index (χ1) is 8.04. The van der Waals surface area contributed by atoms with Gasteiger partial charge in [0, 0.05) is 10.2 Å². The van der Waals surface area contributed by atoms with Crippen LogP contribution in [0.4, 0.5) is 5.69 Å². The number of halogens is 1. The van der Waals surface area contributed by atoms with Crippen molar-refractivity contribution in [3.63, 3.8) is 0 Å². The van der Waals surface area contributed by atoms with E-state index in [-0.39, 0.29) is 5.92 Å². The summed E-state index contributed by atoms with van der Waals surface area (Å²) in [5.41, 5.74) is 0.828. The second-order valence-electron chi connectivity index (χ2n) is 4.24. The molecule has 1 rings (SSSR count). The lowest BCUT2D eigenvalue weighted by molar-refractivity contribution is -0.139. The van der Waals surface area contributed by atoms with Gasteiger partial charge in [-0.05, 0) is 30.5 Å². The van der Waals surface area contributed by atoms with Crippen LogP contribution in [0.3, 0.4) is 0 Å². The van der Waals surface area contributed by atoms with Crippen molar-refractivity contribution in [2.24, 2.45) is 5.92 Å². The van der Waals surface area contributed by atoms with Gasteiger partial charge in [-0.1, -0.05) is 42.3 Å². The van der Waals surface area contributed by atoms with Crippen LogP contribution in [0.1, 0.15) is 26.7 Å². The average Bonchev–Trinajstić information content (AvgIpc) is 2.26. The first-order valence-electron chi connectivity index (χ1n) is 5.79. The Morgan fingerprint density at radius 2 is 2.24 bits per heavy atom. The third kappa shape index (κ3) is 4.38. The topological polar surface area (TPSA) is 49.3 Å². The summed E-state index contributed by atoms with van der Waals surface area (Å²) in [5, 5.41) is 12.3. The molecule has 4 heteroatoms. The molecular weight excluding hydrogens is 282 g/mol. The summed E-state index contributed by atoms with van der Waals surface area (Å²) in [6.07, 6.45) is 1.89. The van der Waals surface area contributed by atoms with Gasteiger partial charge in [0.15, 0.2) is 0 Å². The van der Waals surface area contributed by atoms with Crippen molar-refractivity contribution in [3.8, 4) is 0 Å². The molecule has 0 bridgehead atoms. The Morgan fingerprint density at radius 1 is 1.53 bits per heavy atom. The lowest BCUT2D eigenvalue weighted by Gasteiger charge is -2.22. The molecule has 0 fully saturated rings. The maximum absolute atomic E-state index is 11.2. The molecule has 2 N–H and O–H groups in total. The maximum atomic E-state index is 11.2. The highest BCUT2D eigenvalue weighted by Crippen LogP contribution is 2.20. The predicted molar refractivity (Wildman–Crippen MR) is 73.3 cm³/mol. The third-order valence-corrected chi connectivity index (χ3v) is 3.22. The van der Waals surface area contributed by atoms with Crippen molar-refractivity contribution in [2.75, 3.05) is 5.32 Å². The molecule has 0 aliphatic rings. The quantitative estimate of drug-likeness (QED) is 0.841. The predicted octanol–water partition coefficient (Wildman–Crippen LogP) is 3.75. The number of carbonyl (C=O) groups is 1. The molecule has 2 atom stereocenters. The normalized spacial score (nSPS) is 14.1. The van der Waals surface area contributed by atoms with Gasteiger partial charge in [-0.2, -0.15) is 0 Å². The van der Waals surface area contributed by atoms with E-state index < -0.39 is 12.0 Å². The van der Waals surface area contributed by atoms with Crippen LogP contribution in [0.15, 0.2) is 28.7 Å². The highest BCUT2D eigenvalue weighted by Gasteiger charge is 2.23. The summed E-state index contributed by atoms with van der Waals surface area (Å²) in [6.45, 7) is 4.03. The number of carboxylic acids is 1. The van der Waals surface area contributed by atoms with Crippen molar-refractivity contribution in [3.05, 3.63) is 28.7 Å². The molecule has 0 aliphatic carbocycles. The van der Waals surface area contributed by atoms with Gasteiger partial charge >= 0.3 is 5.97 Å². The Bertz CT molecular complexity index is 381. The van der Waals surface area contributed by atoms with Gasteiger partial charge in [0.2, 0.25) is 0 Å². The Morgan fingerprint density at radius 3 is 2.76 bits per heavy atom. The van der Waals surface area contributed by atoms with Gasteiger partial charge in [0.05, 0.1) is 0 Å². The monoisotopic (exact) mass is 299 g/mol. The number of hydrogen-bond donors (Lipinski definition) is 2. The Labute approximate surface area is 110 Å². The maximum Gasteiger partial charge on any atom is 0.326 e. The van der Waals surface area contributed by atoms with E-state index in [1.165, 1.54) is 0 Å². The summed E-state index contributed by atoms with van der Waals surface area (Å²) in [4.78, 5) is 11.2. The van der Waals surface area contributed by atoms with Crippen molar-refractivity contribution in [2.45, 2.75) is 32.7 Å². The number of anilines is 1. The fourth-order valence-corrected chi connectivity index (χ4v) is 2.23. The molecule has 0 spiro atoms. The van der Waals surface area contributed by atoms with Crippen LogP contribution in [0.2, 0.25) is 0 Å². The minimum absolute atomic E-state index is 0.108. The van der Waals surface area contributed by atoms with Crippen LogP contribution >= 0.6 is 15.9 Å². The van der Waals surface area contributed by atoms with Gasteiger partial charge in [-0.15, -0.1) is 0 Å². The van der Waals surface area contributed by atoms with E-state index >= 15 is 0 Å². The minimum Gasteiger partial charge on any atom is -0.480 e.